The number of rotatable bonds is 10. The molecule has 4 aromatic rings. The first-order chi connectivity index (χ1) is 20.9. The van der Waals surface area contributed by atoms with Crippen molar-refractivity contribution >= 4 is 23.1 Å². The van der Waals surface area contributed by atoms with Gasteiger partial charge >= 0.3 is 0 Å². The van der Waals surface area contributed by atoms with Crippen LogP contribution in [0.5, 0.6) is 0 Å². The van der Waals surface area contributed by atoms with Crippen LogP contribution in [0, 0.1) is 11.3 Å². The highest BCUT2D eigenvalue weighted by Gasteiger charge is 2.23. The second-order valence-electron chi connectivity index (χ2n) is 9.90. The highest BCUT2D eigenvalue weighted by atomic mass is 35.5. The number of hydrogen-bond donors (Lipinski definition) is 1. The fraction of sp³-hybridized carbons (Fsp3) is 0.235. The van der Waals surface area contributed by atoms with Crippen LogP contribution in [-0.2, 0) is 17.6 Å². The molecule has 218 valence electrons. The Morgan fingerprint density at radius 1 is 0.977 bits per heavy atom. The maximum Gasteiger partial charge on any atom is 0.251 e. The maximum absolute atomic E-state index is 13.6. The zero-order valence-electron chi connectivity index (χ0n) is 24.2. The van der Waals surface area contributed by atoms with Gasteiger partial charge in [-0.15, -0.1) is 5.10 Å². The van der Waals surface area contributed by atoms with E-state index < -0.39 is 6.04 Å². The minimum Gasteiger partial charge on any atom is -0.317 e. The predicted octanol–water partition coefficient (Wildman–Crippen LogP) is 6.42. The predicted molar refractivity (Wildman–Crippen MR) is 171 cm³/mol. The molecule has 3 aromatic carbocycles. The Morgan fingerprint density at radius 3 is 2.33 bits per heavy atom. The Bertz CT molecular complexity index is 1700. The second-order valence-corrected chi connectivity index (χ2v) is 10.3. The number of aromatic nitrogens is 1. The van der Waals surface area contributed by atoms with Gasteiger partial charge in [0.25, 0.3) is 5.56 Å². The Hall–Kier alpha value is -4.71. The molecule has 2 heterocycles. The van der Waals surface area contributed by atoms with E-state index in [1.54, 1.807) is 30.5 Å². The third kappa shape index (κ3) is 8.41. The van der Waals surface area contributed by atoms with E-state index in [2.05, 4.69) is 40.7 Å². The average Bonchev–Trinajstić information content (AvgIpc) is 3.57. The van der Waals surface area contributed by atoms with E-state index in [1.165, 1.54) is 10.6 Å². The molecule has 0 saturated carbocycles. The van der Waals surface area contributed by atoms with Crippen LogP contribution in [0.3, 0.4) is 0 Å². The molecular weight excluding hydrogens is 560 g/mol. The molecule has 0 bridgehead atoms. The van der Waals surface area contributed by atoms with Gasteiger partial charge in [0.05, 0.1) is 23.4 Å². The first-order valence-electron chi connectivity index (χ1n) is 14.2. The summed E-state index contributed by atoms with van der Waals surface area (Å²) in [6.07, 6.45) is 2.16. The summed E-state index contributed by atoms with van der Waals surface area (Å²) in [5.74, 6) is -0.0832. The molecular formula is C34H33ClN6O2. The third-order valence-electron chi connectivity index (χ3n) is 6.96. The Labute approximate surface area is 256 Å². The topological polar surface area (TPSA) is 112 Å². The van der Waals surface area contributed by atoms with Crippen LogP contribution in [0.4, 0.5) is 0 Å². The SMILES string of the molecule is CCNCC.N#Cc1ccc(Cl)cc1-c1ccn(C(Cc2ccccc2)C(=O)Cc2ccc(C3=NN=NC3)cc2)c(=O)c1. The summed E-state index contributed by atoms with van der Waals surface area (Å²) < 4.78 is 1.47. The number of nitrogens with zero attached hydrogens (tertiary/aromatic N) is 5. The van der Waals surface area contributed by atoms with E-state index >= 15 is 0 Å². The van der Waals surface area contributed by atoms with Gasteiger partial charge in [0.2, 0.25) is 0 Å². The number of ketones is 1. The zero-order chi connectivity index (χ0) is 30.6. The fourth-order valence-corrected chi connectivity index (χ4v) is 4.89. The maximum atomic E-state index is 13.6. The number of carbonyl (C=O) groups excluding carboxylic acids is 1. The van der Waals surface area contributed by atoms with Crippen molar-refractivity contribution in [2.45, 2.75) is 32.7 Å². The van der Waals surface area contributed by atoms with Crippen molar-refractivity contribution in [3.05, 3.63) is 129 Å². The van der Waals surface area contributed by atoms with Crippen molar-refractivity contribution in [3.63, 3.8) is 0 Å². The molecule has 0 amide bonds. The lowest BCUT2D eigenvalue weighted by molar-refractivity contribution is -0.121. The first-order valence-corrected chi connectivity index (χ1v) is 14.5. The van der Waals surface area contributed by atoms with Crippen LogP contribution in [0.15, 0.2) is 111 Å². The van der Waals surface area contributed by atoms with Crippen molar-refractivity contribution in [2.75, 3.05) is 19.6 Å². The molecule has 1 atom stereocenters. The summed E-state index contributed by atoms with van der Waals surface area (Å²) in [6, 6.07) is 26.8. The van der Waals surface area contributed by atoms with Crippen LogP contribution in [0.2, 0.25) is 5.02 Å². The number of carbonyl (C=O) groups is 1. The quantitative estimate of drug-likeness (QED) is 0.229. The number of Topliss-reactive ketones (excluding diaryl/α,β-unsaturated/α-hetero) is 1. The number of hydrogen-bond acceptors (Lipinski definition) is 7. The van der Waals surface area contributed by atoms with Gasteiger partial charge in [-0.1, -0.05) is 80.0 Å². The van der Waals surface area contributed by atoms with Gasteiger partial charge in [-0.3, -0.25) is 9.59 Å². The number of nitrogens with one attached hydrogen (secondary N) is 1. The molecule has 1 aliphatic heterocycles. The molecule has 5 rings (SSSR count). The van der Waals surface area contributed by atoms with E-state index in [-0.39, 0.29) is 17.8 Å². The summed E-state index contributed by atoms with van der Waals surface area (Å²) in [5, 5.41) is 24.6. The van der Waals surface area contributed by atoms with Crippen LogP contribution >= 0.6 is 11.6 Å². The number of pyridine rings is 1. The van der Waals surface area contributed by atoms with Gasteiger partial charge < -0.3 is 9.88 Å². The summed E-state index contributed by atoms with van der Waals surface area (Å²) >= 11 is 6.15. The van der Waals surface area contributed by atoms with Gasteiger partial charge in [0, 0.05) is 35.7 Å². The number of benzene rings is 3. The van der Waals surface area contributed by atoms with E-state index in [4.69, 9.17) is 11.6 Å². The Morgan fingerprint density at radius 2 is 1.72 bits per heavy atom. The van der Waals surface area contributed by atoms with Gasteiger partial charge in [0.1, 0.15) is 6.54 Å². The fourth-order valence-electron chi connectivity index (χ4n) is 4.72. The van der Waals surface area contributed by atoms with Crippen molar-refractivity contribution < 1.29 is 4.79 Å². The lowest BCUT2D eigenvalue weighted by Gasteiger charge is -2.20. The molecule has 0 saturated heterocycles. The molecule has 1 aromatic heterocycles. The molecule has 0 radical (unpaired) electrons. The monoisotopic (exact) mass is 592 g/mol. The molecule has 43 heavy (non-hydrogen) atoms. The van der Waals surface area contributed by atoms with Crippen molar-refractivity contribution in [1.29, 1.82) is 5.26 Å². The molecule has 1 unspecified atom stereocenters. The van der Waals surface area contributed by atoms with E-state index in [0.717, 1.165) is 35.5 Å². The van der Waals surface area contributed by atoms with Crippen molar-refractivity contribution in [3.8, 4) is 17.2 Å². The molecule has 0 spiro atoms. The average molecular weight is 593 g/mol. The van der Waals surface area contributed by atoms with Crippen molar-refractivity contribution in [1.82, 2.24) is 9.88 Å². The second kappa shape index (κ2) is 15.5. The van der Waals surface area contributed by atoms with Gasteiger partial charge in [0.15, 0.2) is 5.78 Å². The van der Waals surface area contributed by atoms with Crippen LogP contribution in [-0.4, -0.2) is 35.7 Å². The van der Waals surface area contributed by atoms with Crippen LogP contribution < -0.4 is 10.9 Å². The summed E-state index contributed by atoms with van der Waals surface area (Å²) in [7, 11) is 0. The lowest BCUT2D eigenvalue weighted by Crippen LogP contribution is -2.31. The highest BCUT2D eigenvalue weighted by Crippen LogP contribution is 2.26. The van der Waals surface area contributed by atoms with Gasteiger partial charge in [-0.25, -0.2) is 0 Å². The van der Waals surface area contributed by atoms with Crippen molar-refractivity contribution in [2.24, 2.45) is 15.4 Å². The molecule has 0 fully saturated rings. The molecule has 8 nitrogen and oxygen atoms in total. The zero-order valence-corrected chi connectivity index (χ0v) is 25.0. The van der Waals surface area contributed by atoms with Gasteiger partial charge in [-0.05, 0) is 64.8 Å². The molecule has 1 N–H and O–H groups in total. The molecule has 9 heteroatoms. The summed E-state index contributed by atoms with van der Waals surface area (Å²) in [5.41, 5.74) is 4.72. The number of nitriles is 1. The van der Waals surface area contributed by atoms with Crippen LogP contribution in [0.1, 0.15) is 42.1 Å². The smallest absolute Gasteiger partial charge is 0.251 e. The highest BCUT2D eigenvalue weighted by molar-refractivity contribution is 6.30. The molecule has 0 aliphatic carbocycles. The largest absolute Gasteiger partial charge is 0.317 e. The summed E-state index contributed by atoms with van der Waals surface area (Å²) in [6.45, 7) is 6.83. The minimum absolute atomic E-state index is 0.0832. The molecule has 1 aliphatic rings. The standard InChI is InChI=1S/C30H22ClN5O2.C4H11N/c31-25-11-10-24(18-32)26(17-25)23-12-13-36(30(38)16-23)28(14-20-4-2-1-3-5-20)29(37)15-21-6-8-22(9-7-21)27-19-33-35-34-27;1-3-5-4-2/h1-13,16-17,28H,14-15,19H2;5H,3-4H2,1-2H3. The Balaban J connectivity index is 0.000000782. The number of halogens is 1. The van der Waals surface area contributed by atoms with Crippen LogP contribution in [0.25, 0.3) is 11.1 Å². The third-order valence-corrected chi connectivity index (χ3v) is 7.19. The Kier molecular flexibility index (Phi) is 11.3. The van der Waals surface area contributed by atoms with E-state index in [9.17, 15) is 14.9 Å². The summed E-state index contributed by atoms with van der Waals surface area (Å²) in [4.78, 5) is 27.0. The first kappa shape index (κ1) is 31.2. The lowest BCUT2D eigenvalue weighted by atomic mass is 9.96. The van der Waals surface area contributed by atoms with E-state index in [1.807, 2.05) is 54.6 Å². The normalized spacial score (nSPS) is 12.6. The minimum atomic E-state index is -0.703. The van der Waals surface area contributed by atoms with E-state index in [0.29, 0.717) is 34.7 Å². The van der Waals surface area contributed by atoms with Gasteiger partial charge in [-0.2, -0.15) is 10.4 Å².